The summed E-state index contributed by atoms with van der Waals surface area (Å²) in [6.45, 7) is 2.24. The number of nitrogen functional groups attached to an aromatic ring is 1. The number of hydrogen-bond acceptors (Lipinski definition) is 4. The monoisotopic (exact) mass is 263 g/mol. The molecule has 0 aliphatic heterocycles. The fourth-order valence-electron chi connectivity index (χ4n) is 2.58. The number of carbonyl (C=O) groups excluding carboxylic acids is 1. The van der Waals surface area contributed by atoms with Crippen LogP contribution in [0, 0.1) is 5.92 Å². The summed E-state index contributed by atoms with van der Waals surface area (Å²) in [5.74, 6) is 0.834. The van der Waals surface area contributed by atoms with Crippen LogP contribution in [-0.2, 0) is 4.74 Å². The summed E-state index contributed by atoms with van der Waals surface area (Å²) in [7, 11) is 1.36. The second kappa shape index (κ2) is 5.95. The lowest BCUT2D eigenvalue weighted by Gasteiger charge is -2.28. The van der Waals surface area contributed by atoms with Gasteiger partial charge in [-0.25, -0.2) is 4.79 Å². The van der Waals surface area contributed by atoms with Crippen molar-refractivity contribution in [2.45, 2.75) is 38.7 Å². The molecule has 0 spiro atoms. The van der Waals surface area contributed by atoms with E-state index >= 15 is 0 Å². The lowest BCUT2D eigenvalue weighted by Crippen LogP contribution is -2.25. The van der Waals surface area contributed by atoms with Gasteiger partial charge in [-0.15, -0.1) is 0 Å². The SMILES string of the molecule is COC(=O)c1cc(N)ccc1OC1CCCC(C)C1. The third kappa shape index (κ3) is 3.40. The van der Waals surface area contributed by atoms with Crippen molar-refractivity contribution in [3.63, 3.8) is 0 Å². The molecule has 0 bridgehead atoms. The van der Waals surface area contributed by atoms with Crippen LogP contribution in [0.25, 0.3) is 0 Å². The molecule has 1 aliphatic carbocycles. The van der Waals surface area contributed by atoms with E-state index in [0.717, 1.165) is 12.8 Å². The summed E-state index contributed by atoms with van der Waals surface area (Å²) < 4.78 is 10.7. The largest absolute Gasteiger partial charge is 0.490 e. The molecule has 1 saturated carbocycles. The average molecular weight is 263 g/mol. The van der Waals surface area contributed by atoms with Gasteiger partial charge in [0.25, 0.3) is 0 Å². The highest BCUT2D eigenvalue weighted by molar-refractivity contribution is 5.93. The number of hydrogen-bond donors (Lipinski definition) is 1. The standard InChI is InChI=1S/C15H21NO3/c1-10-4-3-5-12(8-10)19-14-7-6-11(16)9-13(14)15(17)18-2/h6-7,9-10,12H,3-5,8,16H2,1-2H3. The van der Waals surface area contributed by atoms with Gasteiger partial charge in [-0.3, -0.25) is 0 Å². The minimum atomic E-state index is -0.411. The molecule has 0 heterocycles. The number of methoxy groups -OCH3 is 1. The maximum Gasteiger partial charge on any atom is 0.341 e. The normalized spacial score (nSPS) is 22.8. The highest BCUT2D eigenvalue weighted by atomic mass is 16.5. The highest BCUT2D eigenvalue weighted by Crippen LogP contribution is 2.30. The second-order valence-corrected chi connectivity index (χ2v) is 5.26. The highest BCUT2D eigenvalue weighted by Gasteiger charge is 2.22. The average Bonchev–Trinajstić information content (AvgIpc) is 2.40. The first kappa shape index (κ1) is 13.7. The van der Waals surface area contributed by atoms with Crippen molar-refractivity contribution in [1.82, 2.24) is 0 Å². The van der Waals surface area contributed by atoms with Crippen molar-refractivity contribution < 1.29 is 14.3 Å². The van der Waals surface area contributed by atoms with Crippen LogP contribution in [-0.4, -0.2) is 19.2 Å². The summed E-state index contributed by atoms with van der Waals surface area (Å²) >= 11 is 0. The number of carbonyl (C=O) groups is 1. The Labute approximate surface area is 113 Å². The molecule has 4 heteroatoms. The topological polar surface area (TPSA) is 61.5 Å². The van der Waals surface area contributed by atoms with E-state index in [0.29, 0.717) is 22.9 Å². The lowest BCUT2D eigenvalue weighted by molar-refractivity contribution is 0.0588. The summed E-state index contributed by atoms with van der Waals surface area (Å²) in [6, 6.07) is 5.10. The number of benzene rings is 1. The third-order valence-corrected chi connectivity index (χ3v) is 3.59. The second-order valence-electron chi connectivity index (χ2n) is 5.26. The van der Waals surface area contributed by atoms with Gasteiger partial charge in [0.2, 0.25) is 0 Å². The van der Waals surface area contributed by atoms with Gasteiger partial charge >= 0.3 is 5.97 Å². The van der Waals surface area contributed by atoms with E-state index in [1.54, 1.807) is 18.2 Å². The summed E-state index contributed by atoms with van der Waals surface area (Å²) in [5.41, 5.74) is 6.65. The molecule has 2 rings (SSSR count). The predicted octanol–water partition coefficient (Wildman–Crippen LogP) is 3.01. The molecule has 0 radical (unpaired) electrons. The smallest absolute Gasteiger partial charge is 0.341 e. The van der Waals surface area contributed by atoms with Crippen molar-refractivity contribution >= 4 is 11.7 Å². The van der Waals surface area contributed by atoms with Gasteiger partial charge in [0, 0.05) is 5.69 Å². The van der Waals surface area contributed by atoms with Gasteiger partial charge < -0.3 is 15.2 Å². The number of rotatable bonds is 3. The molecule has 0 amide bonds. The zero-order chi connectivity index (χ0) is 13.8. The van der Waals surface area contributed by atoms with Gasteiger partial charge in [0.1, 0.15) is 11.3 Å². The quantitative estimate of drug-likeness (QED) is 0.672. The minimum Gasteiger partial charge on any atom is -0.490 e. The molecule has 1 aliphatic rings. The maximum absolute atomic E-state index is 11.7. The number of nitrogens with two attached hydrogens (primary N) is 1. The van der Waals surface area contributed by atoms with Crippen molar-refractivity contribution in [2.75, 3.05) is 12.8 Å². The van der Waals surface area contributed by atoms with Crippen LogP contribution in [0.15, 0.2) is 18.2 Å². The van der Waals surface area contributed by atoms with Gasteiger partial charge in [-0.05, 0) is 43.4 Å². The Morgan fingerprint density at radius 1 is 1.37 bits per heavy atom. The molecular formula is C15H21NO3. The molecule has 1 fully saturated rings. The Morgan fingerprint density at radius 3 is 2.84 bits per heavy atom. The first-order valence-corrected chi connectivity index (χ1v) is 6.74. The molecule has 2 N–H and O–H groups in total. The molecule has 0 aromatic heterocycles. The van der Waals surface area contributed by atoms with Crippen LogP contribution < -0.4 is 10.5 Å². The fraction of sp³-hybridized carbons (Fsp3) is 0.533. The van der Waals surface area contributed by atoms with Crippen molar-refractivity contribution in [2.24, 2.45) is 5.92 Å². The van der Waals surface area contributed by atoms with E-state index in [1.165, 1.54) is 20.0 Å². The molecule has 0 saturated heterocycles. The summed E-state index contributed by atoms with van der Waals surface area (Å²) in [4.78, 5) is 11.7. The molecule has 1 aromatic carbocycles. The fourth-order valence-corrected chi connectivity index (χ4v) is 2.58. The van der Waals surface area contributed by atoms with Crippen LogP contribution >= 0.6 is 0 Å². The maximum atomic E-state index is 11.7. The van der Waals surface area contributed by atoms with Crippen molar-refractivity contribution in [3.8, 4) is 5.75 Å². The lowest BCUT2D eigenvalue weighted by atomic mass is 9.88. The van der Waals surface area contributed by atoms with Crippen LogP contribution in [0.2, 0.25) is 0 Å². The first-order valence-electron chi connectivity index (χ1n) is 6.74. The Hall–Kier alpha value is -1.71. The first-order chi connectivity index (χ1) is 9.10. The van der Waals surface area contributed by atoms with E-state index in [9.17, 15) is 4.79 Å². The van der Waals surface area contributed by atoms with E-state index in [1.807, 2.05) is 0 Å². The summed E-state index contributed by atoms with van der Waals surface area (Å²) in [5, 5.41) is 0. The molecule has 2 atom stereocenters. The van der Waals surface area contributed by atoms with Gasteiger partial charge in [-0.1, -0.05) is 13.3 Å². The van der Waals surface area contributed by atoms with E-state index < -0.39 is 5.97 Å². The zero-order valence-corrected chi connectivity index (χ0v) is 11.5. The van der Waals surface area contributed by atoms with Crippen molar-refractivity contribution in [1.29, 1.82) is 0 Å². The summed E-state index contributed by atoms with van der Waals surface area (Å²) in [6.07, 6.45) is 4.68. The Bertz CT molecular complexity index is 459. The van der Waals surface area contributed by atoms with Crippen molar-refractivity contribution in [3.05, 3.63) is 23.8 Å². The van der Waals surface area contributed by atoms with Crippen LogP contribution in [0.3, 0.4) is 0 Å². The molecule has 4 nitrogen and oxygen atoms in total. The molecular weight excluding hydrogens is 242 g/mol. The molecule has 104 valence electrons. The Morgan fingerprint density at radius 2 is 2.16 bits per heavy atom. The van der Waals surface area contributed by atoms with E-state index in [4.69, 9.17) is 15.2 Å². The Balaban J connectivity index is 2.17. The molecule has 19 heavy (non-hydrogen) atoms. The third-order valence-electron chi connectivity index (χ3n) is 3.59. The number of anilines is 1. The van der Waals surface area contributed by atoms with Gasteiger partial charge in [0.15, 0.2) is 0 Å². The minimum absolute atomic E-state index is 0.177. The number of esters is 1. The van der Waals surface area contributed by atoms with Crippen LogP contribution in [0.5, 0.6) is 5.75 Å². The van der Waals surface area contributed by atoms with Gasteiger partial charge in [-0.2, -0.15) is 0 Å². The van der Waals surface area contributed by atoms with Crippen LogP contribution in [0.4, 0.5) is 5.69 Å². The zero-order valence-electron chi connectivity index (χ0n) is 11.5. The number of ether oxygens (including phenoxy) is 2. The van der Waals surface area contributed by atoms with Gasteiger partial charge in [0.05, 0.1) is 13.2 Å². The predicted molar refractivity (Wildman–Crippen MR) is 74.2 cm³/mol. The Kier molecular flexibility index (Phi) is 4.30. The molecule has 2 unspecified atom stereocenters. The van der Waals surface area contributed by atoms with Crippen LogP contribution in [0.1, 0.15) is 43.0 Å². The van der Waals surface area contributed by atoms with E-state index in [2.05, 4.69) is 6.92 Å². The van der Waals surface area contributed by atoms with E-state index in [-0.39, 0.29) is 6.10 Å². The molecule has 1 aromatic rings.